The highest BCUT2D eigenvalue weighted by molar-refractivity contribution is 7.86. The number of methoxy groups -OCH3 is 1. The van der Waals surface area contributed by atoms with Gasteiger partial charge >= 0.3 is 0 Å². The highest BCUT2D eigenvalue weighted by Gasteiger charge is 2.35. The predicted molar refractivity (Wildman–Crippen MR) is 78.7 cm³/mol. The Balaban J connectivity index is 1.93. The van der Waals surface area contributed by atoms with E-state index in [9.17, 15) is 8.42 Å². The summed E-state index contributed by atoms with van der Waals surface area (Å²) in [4.78, 5) is 0. The first-order valence-corrected chi connectivity index (χ1v) is 8.90. The molecule has 2 heterocycles. The first-order valence-electron chi connectivity index (χ1n) is 7.50. The van der Waals surface area contributed by atoms with Crippen molar-refractivity contribution in [3.8, 4) is 0 Å². The van der Waals surface area contributed by atoms with E-state index >= 15 is 0 Å². The molecule has 0 bridgehead atoms. The van der Waals surface area contributed by atoms with Crippen LogP contribution < -0.4 is 5.32 Å². The van der Waals surface area contributed by atoms with Crippen LogP contribution in [0.25, 0.3) is 0 Å². The molecule has 1 atom stereocenters. The number of piperidine rings is 2. The monoisotopic (exact) mass is 305 g/mol. The van der Waals surface area contributed by atoms with E-state index in [-0.39, 0.29) is 6.10 Å². The third kappa shape index (κ3) is 3.71. The Labute approximate surface area is 122 Å². The minimum absolute atomic E-state index is 0.0420. The van der Waals surface area contributed by atoms with E-state index in [4.69, 9.17) is 4.74 Å². The van der Waals surface area contributed by atoms with Gasteiger partial charge in [0.1, 0.15) is 0 Å². The Bertz CT molecular complexity index is 394. The molecule has 2 fully saturated rings. The number of nitrogens with zero attached hydrogens (tertiary/aromatic N) is 2. The second-order valence-electron chi connectivity index (χ2n) is 5.77. The fourth-order valence-corrected chi connectivity index (χ4v) is 4.82. The molecule has 118 valence electrons. The van der Waals surface area contributed by atoms with Crippen molar-refractivity contribution < 1.29 is 13.2 Å². The lowest BCUT2D eigenvalue weighted by Gasteiger charge is -2.37. The van der Waals surface area contributed by atoms with Crippen molar-refractivity contribution in [2.45, 2.75) is 31.8 Å². The van der Waals surface area contributed by atoms with Crippen molar-refractivity contribution in [1.82, 2.24) is 13.9 Å². The maximum atomic E-state index is 12.6. The maximum absolute atomic E-state index is 12.6. The standard InChI is InChI=1S/C13H27N3O3S/c1-14-10-12-5-8-15(9-6-12)20(17,18)16-7-3-4-13(11-16)19-2/h12-14H,3-11H2,1-2H3. The molecule has 0 amide bonds. The summed E-state index contributed by atoms with van der Waals surface area (Å²) in [6.45, 7) is 3.38. The summed E-state index contributed by atoms with van der Waals surface area (Å²) in [5, 5.41) is 3.17. The Hall–Kier alpha value is -0.210. The van der Waals surface area contributed by atoms with Gasteiger partial charge in [0.05, 0.1) is 6.10 Å². The molecule has 0 aromatic rings. The van der Waals surface area contributed by atoms with Gasteiger partial charge in [0.25, 0.3) is 10.2 Å². The van der Waals surface area contributed by atoms with Gasteiger partial charge in [-0.05, 0) is 45.2 Å². The number of hydrogen-bond donors (Lipinski definition) is 1. The molecule has 2 saturated heterocycles. The summed E-state index contributed by atoms with van der Waals surface area (Å²) in [6.07, 6.45) is 3.77. The van der Waals surface area contributed by atoms with Crippen LogP contribution >= 0.6 is 0 Å². The van der Waals surface area contributed by atoms with Crippen molar-refractivity contribution in [2.75, 3.05) is 46.9 Å². The summed E-state index contributed by atoms with van der Waals surface area (Å²) in [7, 11) is 0.303. The molecule has 0 aromatic heterocycles. The number of hydrogen-bond acceptors (Lipinski definition) is 4. The molecule has 0 aliphatic carbocycles. The van der Waals surface area contributed by atoms with Gasteiger partial charge in [0, 0.05) is 33.3 Å². The Morgan fingerprint density at radius 2 is 1.85 bits per heavy atom. The zero-order chi connectivity index (χ0) is 14.6. The highest BCUT2D eigenvalue weighted by Crippen LogP contribution is 2.23. The zero-order valence-corrected chi connectivity index (χ0v) is 13.4. The van der Waals surface area contributed by atoms with E-state index in [2.05, 4.69) is 5.32 Å². The quantitative estimate of drug-likeness (QED) is 0.792. The van der Waals surface area contributed by atoms with Crippen molar-refractivity contribution in [3.63, 3.8) is 0 Å². The lowest BCUT2D eigenvalue weighted by atomic mass is 9.98. The molecule has 20 heavy (non-hydrogen) atoms. The average molecular weight is 305 g/mol. The first-order chi connectivity index (χ1) is 9.57. The molecule has 0 radical (unpaired) electrons. The fourth-order valence-electron chi connectivity index (χ4n) is 3.10. The molecule has 1 unspecified atom stereocenters. The number of nitrogens with one attached hydrogen (secondary N) is 1. The molecule has 2 aliphatic heterocycles. The van der Waals surface area contributed by atoms with Gasteiger partial charge in [-0.2, -0.15) is 17.0 Å². The second kappa shape index (κ2) is 7.17. The topological polar surface area (TPSA) is 61.9 Å². The highest BCUT2D eigenvalue weighted by atomic mass is 32.2. The normalized spacial score (nSPS) is 27.8. The zero-order valence-electron chi connectivity index (χ0n) is 12.5. The smallest absolute Gasteiger partial charge is 0.282 e. The third-order valence-corrected chi connectivity index (χ3v) is 6.40. The molecule has 7 heteroatoms. The summed E-state index contributed by atoms with van der Waals surface area (Å²) in [5.41, 5.74) is 0. The van der Waals surface area contributed by atoms with Crippen LogP contribution in [0, 0.1) is 5.92 Å². The van der Waals surface area contributed by atoms with Crippen molar-refractivity contribution in [2.24, 2.45) is 5.92 Å². The first kappa shape index (κ1) is 16.2. The third-order valence-electron chi connectivity index (χ3n) is 4.39. The number of ether oxygens (including phenoxy) is 1. The fraction of sp³-hybridized carbons (Fsp3) is 1.00. The van der Waals surface area contributed by atoms with Crippen LogP contribution in [0.5, 0.6) is 0 Å². The summed E-state index contributed by atoms with van der Waals surface area (Å²) in [5.74, 6) is 0.597. The summed E-state index contributed by atoms with van der Waals surface area (Å²) < 4.78 is 33.9. The van der Waals surface area contributed by atoms with Crippen LogP contribution in [0.2, 0.25) is 0 Å². The van der Waals surface area contributed by atoms with E-state index in [1.807, 2.05) is 7.05 Å². The van der Waals surface area contributed by atoms with E-state index in [1.54, 1.807) is 15.7 Å². The lowest BCUT2D eigenvalue weighted by Crippen LogP contribution is -2.51. The van der Waals surface area contributed by atoms with Crippen LogP contribution in [-0.2, 0) is 14.9 Å². The Morgan fingerprint density at radius 3 is 2.45 bits per heavy atom. The molecule has 0 aromatic carbocycles. The molecule has 2 aliphatic rings. The Kier molecular flexibility index (Phi) is 5.80. The molecule has 0 saturated carbocycles. The lowest BCUT2D eigenvalue weighted by molar-refractivity contribution is 0.0548. The average Bonchev–Trinajstić information content (AvgIpc) is 2.48. The molecule has 6 nitrogen and oxygen atoms in total. The predicted octanol–water partition coefficient (Wildman–Crippen LogP) is 0.273. The van der Waals surface area contributed by atoms with Crippen molar-refractivity contribution >= 4 is 10.2 Å². The van der Waals surface area contributed by atoms with Gasteiger partial charge in [-0.25, -0.2) is 0 Å². The SMILES string of the molecule is CNCC1CCN(S(=O)(=O)N2CCCC(OC)C2)CC1. The van der Waals surface area contributed by atoms with Gasteiger partial charge in [-0.15, -0.1) is 0 Å². The largest absolute Gasteiger partial charge is 0.380 e. The molecule has 2 rings (SSSR count). The molecular formula is C13H27N3O3S. The Morgan fingerprint density at radius 1 is 1.15 bits per heavy atom. The van der Waals surface area contributed by atoms with Crippen LogP contribution in [0.4, 0.5) is 0 Å². The van der Waals surface area contributed by atoms with Gasteiger partial charge in [0.15, 0.2) is 0 Å². The molecule has 1 N–H and O–H groups in total. The van der Waals surface area contributed by atoms with Crippen LogP contribution in [0.15, 0.2) is 0 Å². The van der Waals surface area contributed by atoms with Crippen LogP contribution in [0.3, 0.4) is 0 Å². The van der Waals surface area contributed by atoms with Crippen LogP contribution in [-0.4, -0.2) is 70.0 Å². The van der Waals surface area contributed by atoms with Gasteiger partial charge in [-0.1, -0.05) is 0 Å². The second-order valence-corrected chi connectivity index (χ2v) is 7.69. The van der Waals surface area contributed by atoms with E-state index in [0.29, 0.717) is 32.1 Å². The van der Waals surface area contributed by atoms with Crippen molar-refractivity contribution in [3.05, 3.63) is 0 Å². The van der Waals surface area contributed by atoms with E-state index in [1.165, 1.54) is 0 Å². The summed E-state index contributed by atoms with van der Waals surface area (Å²) >= 11 is 0. The van der Waals surface area contributed by atoms with E-state index < -0.39 is 10.2 Å². The van der Waals surface area contributed by atoms with Gasteiger partial charge in [0.2, 0.25) is 0 Å². The minimum Gasteiger partial charge on any atom is -0.380 e. The van der Waals surface area contributed by atoms with Crippen molar-refractivity contribution in [1.29, 1.82) is 0 Å². The summed E-state index contributed by atoms with van der Waals surface area (Å²) in [6, 6.07) is 0. The molecular weight excluding hydrogens is 278 g/mol. The maximum Gasteiger partial charge on any atom is 0.282 e. The van der Waals surface area contributed by atoms with Gasteiger partial charge in [-0.3, -0.25) is 0 Å². The number of rotatable bonds is 5. The van der Waals surface area contributed by atoms with Gasteiger partial charge < -0.3 is 10.1 Å². The minimum atomic E-state index is -3.30. The molecule has 0 spiro atoms. The van der Waals surface area contributed by atoms with E-state index in [0.717, 1.165) is 32.2 Å². The van der Waals surface area contributed by atoms with Crippen LogP contribution in [0.1, 0.15) is 25.7 Å².